The first-order valence-electron chi connectivity index (χ1n) is 20.3. The van der Waals surface area contributed by atoms with Crippen LogP contribution in [0.2, 0.25) is 0 Å². The summed E-state index contributed by atoms with van der Waals surface area (Å²) in [5.74, 6) is -3.06. The van der Waals surface area contributed by atoms with Gasteiger partial charge in [-0.1, -0.05) is 13.3 Å². The lowest BCUT2D eigenvalue weighted by Crippen LogP contribution is -2.44. The first kappa shape index (κ1) is 49.1. The predicted molar refractivity (Wildman–Crippen MR) is 234 cm³/mol. The second kappa shape index (κ2) is 25.4. The minimum Gasteiger partial charge on any atom is -0.496 e. The van der Waals surface area contributed by atoms with Gasteiger partial charge in [0.05, 0.1) is 38.0 Å². The number of nitrogens with two attached hydrogens (primary N) is 4. The van der Waals surface area contributed by atoms with E-state index in [2.05, 4.69) is 26.6 Å². The molecule has 0 radical (unpaired) electrons. The van der Waals surface area contributed by atoms with E-state index < -0.39 is 41.6 Å². The molecule has 18 nitrogen and oxygen atoms in total. The molecule has 0 heterocycles. The summed E-state index contributed by atoms with van der Waals surface area (Å²) in [7, 11) is 4.16. The molecule has 0 aliphatic carbocycles. The molecule has 13 N–H and O–H groups in total. The molecule has 0 unspecified atom stereocenters. The van der Waals surface area contributed by atoms with Crippen molar-refractivity contribution in [1.82, 2.24) is 10.6 Å². The summed E-state index contributed by atoms with van der Waals surface area (Å²) in [6.45, 7) is 3.11. The van der Waals surface area contributed by atoms with Gasteiger partial charge in [-0.3, -0.25) is 28.8 Å². The number of hydrogen-bond donors (Lipinski definition) is 9. The van der Waals surface area contributed by atoms with Crippen LogP contribution in [0.25, 0.3) is 0 Å². The monoisotopic (exact) mass is 847 g/mol. The van der Waals surface area contributed by atoms with Gasteiger partial charge in [-0.15, -0.1) is 0 Å². The molecule has 0 aliphatic rings. The van der Waals surface area contributed by atoms with Crippen LogP contribution in [0.4, 0.5) is 17.1 Å². The standard InChI is InChI=1S/C43H61N9O9/c1-26(11-5-8-20-44)39(54)48-28-15-18-36(60-3)31(24-28)40(55)52-34(13-7-10-22-46)43(58)50-29-16-19-37(61-4)32(25-29)41(56)51-33(12-6-9-21-45)42(57)49-27-14-17-35(59-2)30(23-27)38(47)53/h14-19,23-26,33-34H,5-13,20-22,44-46H2,1-4H3,(H2,47,53)(H,48,54)(H,49,57)(H,50,58)(H,51,56)(H,52,55)/t26-,33-,34-/m0/s1. The highest BCUT2D eigenvalue weighted by Gasteiger charge is 2.27. The number of rotatable bonds is 26. The van der Waals surface area contributed by atoms with Crippen LogP contribution in [0.5, 0.6) is 17.2 Å². The van der Waals surface area contributed by atoms with E-state index >= 15 is 0 Å². The predicted octanol–water partition coefficient (Wildman–Crippen LogP) is 3.25. The number of unbranched alkanes of at least 4 members (excludes halogenated alkanes) is 3. The van der Waals surface area contributed by atoms with Crippen LogP contribution in [-0.4, -0.2) is 88.5 Å². The number of benzene rings is 3. The molecule has 3 atom stereocenters. The number of carbonyl (C=O) groups is 6. The molecule has 3 rings (SSSR count). The van der Waals surface area contributed by atoms with E-state index in [-0.39, 0.29) is 70.0 Å². The highest BCUT2D eigenvalue weighted by atomic mass is 16.5. The quantitative estimate of drug-likeness (QED) is 0.0527. The van der Waals surface area contributed by atoms with Crippen molar-refractivity contribution in [3.8, 4) is 17.2 Å². The summed E-state index contributed by atoms with van der Waals surface area (Å²) >= 11 is 0. The van der Waals surface area contributed by atoms with E-state index in [1.807, 2.05) is 6.92 Å². The van der Waals surface area contributed by atoms with Crippen molar-refractivity contribution in [2.75, 3.05) is 56.9 Å². The summed E-state index contributed by atoms with van der Waals surface area (Å²) < 4.78 is 16.1. The van der Waals surface area contributed by atoms with E-state index in [1.165, 1.54) is 63.8 Å². The SMILES string of the molecule is COc1ccc(NC(=O)[C@H](CCCCN)NC(=O)c2cc(NC(=O)[C@H](CCCCN)NC(=O)c3cc(NC(=O)[C@@H](C)CCCCN)ccc3OC)ccc2OC)cc1C(N)=O. The third-order valence-corrected chi connectivity index (χ3v) is 9.83. The minimum atomic E-state index is -1.05. The largest absolute Gasteiger partial charge is 0.496 e. The van der Waals surface area contributed by atoms with Crippen molar-refractivity contribution in [1.29, 1.82) is 0 Å². The number of hydrogen-bond acceptors (Lipinski definition) is 12. The maximum Gasteiger partial charge on any atom is 0.255 e. The molecular formula is C43H61N9O9. The molecule has 0 aromatic heterocycles. The lowest BCUT2D eigenvalue weighted by molar-refractivity contribution is -0.120. The molecule has 61 heavy (non-hydrogen) atoms. The molecule has 0 bridgehead atoms. The zero-order valence-electron chi connectivity index (χ0n) is 35.4. The fourth-order valence-electron chi connectivity index (χ4n) is 6.35. The molecule has 3 aromatic rings. The molecule has 0 saturated carbocycles. The van der Waals surface area contributed by atoms with Crippen molar-refractivity contribution >= 4 is 52.5 Å². The number of primary amides is 1. The molecule has 0 saturated heterocycles. The number of anilines is 3. The Kier molecular flexibility index (Phi) is 20.5. The van der Waals surface area contributed by atoms with Crippen LogP contribution < -0.4 is 63.7 Å². The molecule has 0 aliphatic heterocycles. The Balaban J connectivity index is 1.84. The van der Waals surface area contributed by atoms with Gasteiger partial charge in [-0.2, -0.15) is 0 Å². The van der Waals surface area contributed by atoms with E-state index in [0.29, 0.717) is 57.4 Å². The smallest absolute Gasteiger partial charge is 0.255 e. The molecule has 332 valence electrons. The summed E-state index contributed by atoms with van der Waals surface area (Å²) in [6.07, 6.45) is 4.93. The van der Waals surface area contributed by atoms with Gasteiger partial charge >= 0.3 is 0 Å². The fraction of sp³-hybridized carbons (Fsp3) is 0.442. The van der Waals surface area contributed by atoms with Crippen LogP contribution in [0.15, 0.2) is 54.6 Å². The lowest BCUT2D eigenvalue weighted by Gasteiger charge is -2.21. The van der Waals surface area contributed by atoms with Crippen LogP contribution in [-0.2, 0) is 14.4 Å². The number of amides is 6. The fourth-order valence-corrected chi connectivity index (χ4v) is 6.35. The number of ether oxygens (including phenoxy) is 3. The van der Waals surface area contributed by atoms with E-state index in [4.69, 9.17) is 37.1 Å². The molecule has 18 heteroatoms. The summed E-state index contributed by atoms with van der Waals surface area (Å²) in [5, 5.41) is 13.9. The summed E-state index contributed by atoms with van der Waals surface area (Å²) in [4.78, 5) is 79.9. The molecule has 0 fully saturated rings. The third-order valence-electron chi connectivity index (χ3n) is 9.83. The second-order valence-electron chi connectivity index (χ2n) is 14.4. The molecule has 6 amide bonds. The van der Waals surface area contributed by atoms with Gasteiger partial charge in [0.2, 0.25) is 17.7 Å². The summed E-state index contributed by atoms with van der Waals surface area (Å²) in [6, 6.07) is 11.4. The Morgan fingerprint density at radius 3 is 1.21 bits per heavy atom. The van der Waals surface area contributed by atoms with Crippen LogP contribution in [0, 0.1) is 5.92 Å². The normalized spacial score (nSPS) is 12.2. The Morgan fingerprint density at radius 1 is 0.508 bits per heavy atom. The van der Waals surface area contributed by atoms with Crippen molar-refractivity contribution < 1.29 is 43.0 Å². The minimum absolute atomic E-state index is 0.0124. The Morgan fingerprint density at radius 2 is 0.852 bits per heavy atom. The summed E-state index contributed by atoms with van der Waals surface area (Å²) in [5.41, 5.74) is 23.5. The van der Waals surface area contributed by atoms with Gasteiger partial charge in [0.1, 0.15) is 29.3 Å². The molecule has 3 aromatic carbocycles. The number of methoxy groups -OCH3 is 3. The first-order valence-corrected chi connectivity index (χ1v) is 20.3. The number of nitrogens with one attached hydrogen (secondary N) is 5. The Bertz CT molecular complexity index is 1980. The van der Waals surface area contributed by atoms with E-state index in [1.54, 1.807) is 12.1 Å². The topological polar surface area (TPSA) is 294 Å². The average Bonchev–Trinajstić information content (AvgIpc) is 3.25. The second-order valence-corrected chi connectivity index (χ2v) is 14.4. The van der Waals surface area contributed by atoms with Crippen molar-refractivity contribution in [3.05, 3.63) is 71.3 Å². The maximum atomic E-state index is 13.9. The average molecular weight is 848 g/mol. The van der Waals surface area contributed by atoms with Crippen LogP contribution in [0.3, 0.4) is 0 Å². The third kappa shape index (κ3) is 15.1. The van der Waals surface area contributed by atoms with Crippen LogP contribution >= 0.6 is 0 Å². The van der Waals surface area contributed by atoms with Gasteiger partial charge < -0.3 is 63.7 Å². The zero-order valence-corrected chi connectivity index (χ0v) is 35.4. The number of carbonyl (C=O) groups excluding carboxylic acids is 6. The highest BCUT2D eigenvalue weighted by molar-refractivity contribution is 6.06. The van der Waals surface area contributed by atoms with Gasteiger partial charge in [0, 0.05) is 23.0 Å². The van der Waals surface area contributed by atoms with Crippen molar-refractivity contribution in [2.45, 2.75) is 76.8 Å². The van der Waals surface area contributed by atoms with E-state index in [9.17, 15) is 28.8 Å². The first-order chi connectivity index (χ1) is 29.3. The van der Waals surface area contributed by atoms with Gasteiger partial charge in [0.25, 0.3) is 17.7 Å². The molecule has 0 spiro atoms. The maximum absolute atomic E-state index is 13.9. The van der Waals surface area contributed by atoms with Crippen molar-refractivity contribution in [3.63, 3.8) is 0 Å². The Labute approximate surface area is 356 Å². The molecular weight excluding hydrogens is 787 g/mol. The van der Waals surface area contributed by atoms with Gasteiger partial charge in [-0.25, -0.2) is 0 Å². The van der Waals surface area contributed by atoms with Gasteiger partial charge in [0.15, 0.2) is 0 Å². The zero-order chi connectivity index (χ0) is 44.9. The highest BCUT2D eigenvalue weighted by Crippen LogP contribution is 2.27. The Hall–Kier alpha value is -6.24. The van der Waals surface area contributed by atoms with Crippen LogP contribution in [0.1, 0.15) is 95.8 Å². The van der Waals surface area contributed by atoms with E-state index in [0.717, 1.165) is 12.8 Å². The van der Waals surface area contributed by atoms with Gasteiger partial charge in [-0.05, 0) is 126 Å². The van der Waals surface area contributed by atoms with Crippen molar-refractivity contribution in [2.24, 2.45) is 28.9 Å². The lowest BCUT2D eigenvalue weighted by atomic mass is 10.0.